The molecule has 206 valence electrons. The van der Waals surface area contributed by atoms with E-state index < -0.39 is 0 Å². The van der Waals surface area contributed by atoms with E-state index in [1.807, 2.05) is 24.5 Å². The number of hydrogen-bond acceptors (Lipinski definition) is 9. The quantitative estimate of drug-likeness (QED) is 0.191. The summed E-state index contributed by atoms with van der Waals surface area (Å²) in [5.74, 6) is 2.27. The number of carbonyl (C=O) groups excluding carboxylic acids is 1. The lowest BCUT2D eigenvalue weighted by molar-refractivity contribution is -0.130. The van der Waals surface area contributed by atoms with Gasteiger partial charge in [-0.05, 0) is 30.9 Å². The summed E-state index contributed by atoms with van der Waals surface area (Å²) in [6.45, 7) is 2.95. The van der Waals surface area contributed by atoms with Crippen molar-refractivity contribution in [3.05, 3.63) is 40.8 Å². The highest BCUT2D eigenvalue weighted by Gasteiger charge is 2.21. The fraction of sp³-hybridized carbons (Fsp3) is 0.393. The molecule has 0 N–H and O–H groups in total. The number of pyridine rings is 2. The van der Waals surface area contributed by atoms with Gasteiger partial charge in [-0.3, -0.25) is 14.6 Å². The van der Waals surface area contributed by atoms with E-state index >= 15 is 0 Å². The van der Waals surface area contributed by atoms with Crippen LogP contribution in [0.5, 0.6) is 23.0 Å². The number of amides is 1. The second kappa shape index (κ2) is 11.4. The van der Waals surface area contributed by atoms with Gasteiger partial charge in [0.2, 0.25) is 12.7 Å². The third kappa shape index (κ3) is 5.17. The molecule has 3 heterocycles. The Bertz CT molecular complexity index is 1620. The van der Waals surface area contributed by atoms with Gasteiger partial charge in [0.25, 0.3) is 5.56 Å². The van der Waals surface area contributed by atoms with E-state index in [-0.39, 0.29) is 18.3 Å². The Hall–Kier alpha value is -3.31. The predicted molar refractivity (Wildman–Crippen MR) is 158 cm³/mol. The molecule has 0 spiro atoms. The van der Waals surface area contributed by atoms with Gasteiger partial charge in [-0.15, -0.1) is 0 Å². The predicted octanol–water partition coefficient (Wildman–Crippen LogP) is 5.09. The molecule has 1 amide bonds. The van der Waals surface area contributed by atoms with Gasteiger partial charge in [-0.2, -0.15) is 0 Å². The molecule has 9 nitrogen and oxygen atoms in total. The van der Waals surface area contributed by atoms with Crippen LogP contribution < -0.4 is 24.5 Å². The number of nitrogens with zero attached hydrogens (tertiary/aromatic N) is 3. The Morgan fingerprint density at radius 1 is 1.08 bits per heavy atom. The molecule has 1 atom stereocenters. The van der Waals surface area contributed by atoms with E-state index in [1.165, 1.54) is 0 Å². The lowest BCUT2D eigenvalue weighted by atomic mass is 10.0. The normalized spacial score (nSPS) is 13.3. The molecule has 2 aromatic carbocycles. The first-order valence-corrected chi connectivity index (χ1v) is 15.2. The number of hydrogen-bond donors (Lipinski definition) is 0. The van der Waals surface area contributed by atoms with Gasteiger partial charge < -0.3 is 28.4 Å². The van der Waals surface area contributed by atoms with Crippen LogP contribution in [0.4, 0.5) is 0 Å². The van der Waals surface area contributed by atoms with Gasteiger partial charge in [-0.1, -0.05) is 28.5 Å². The number of ether oxygens (including phenoxy) is 4. The van der Waals surface area contributed by atoms with Crippen molar-refractivity contribution >= 4 is 60.1 Å². The first-order chi connectivity index (χ1) is 18.9. The van der Waals surface area contributed by atoms with Crippen LogP contribution >= 0.6 is 21.6 Å². The zero-order valence-corrected chi connectivity index (χ0v) is 24.2. The Labute approximate surface area is 234 Å². The van der Waals surface area contributed by atoms with E-state index in [2.05, 4.69) is 6.92 Å². The monoisotopic (exact) mass is 569 g/mol. The van der Waals surface area contributed by atoms with Crippen molar-refractivity contribution in [2.24, 2.45) is 0 Å². The molecule has 11 heteroatoms. The highest BCUT2D eigenvalue weighted by atomic mass is 33.1. The van der Waals surface area contributed by atoms with E-state index in [0.717, 1.165) is 17.2 Å². The number of likely N-dealkylation sites (N-methyl/N-ethyl adjacent to an activating group) is 1. The second-order valence-corrected chi connectivity index (χ2v) is 12.3. The van der Waals surface area contributed by atoms with Crippen LogP contribution in [0.3, 0.4) is 0 Å². The SMILES string of the molecule is COc1cc2c(=O)n(CCN(C)C(=O)CC[C@@H](C)SSC)c3c4cc5c(cc4ncc3c2cc1OC)OCO5. The van der Waals surface area contributed by atoms with Crippen molar-refractivity contribution in [1.82, 2.24) is 14.5 Å². The van der Waals surface area contributed by atoms with Crippen LogP contribution in [0.15, 0.2) is 35.3 Å². The molecule has 0 aliphatic carbocycles. The molecule has 0 radical (unpaired) electrons. The molecule has 4 aromatic rings. The standard InChI is InChI=1S/C28H31N3O6S2/c1-16(39-38-5)6-7-26(32)30(2)8-9-31-27-19-12-24-25(37-15-36-24)13-21(19)29-14-20(27)17-10-22(34-3)23(35-4)11-18(17)28(31)33/h10-14,16H,6-9,15H2,1-5H3/t16-/m1/s1. The summed E-state index contributed by atoms with van der Waals surface area (Å²) in [6.07, 6.45) is 5.08. The third-order valence-electron chi connectivity index (χ3n) is 7.00. The molecule has 39 heavy (non-hydrogen) atoms. The summed E-state index contributed by atoms with van der Waals surface area (Å²) in [7, 11) is 8.37. The molecule has 0 bridgehead atoms. The highest BCUT2D eigenvalue weighted by Crippen LogP contribution is 2.40. The summed E-state index contributed by atoms with van der Waals surface area (Å²) < 4.78 is 23.9. The summed E-state index contributed by atoms with van der Waals surface area (Å²) in [4.78, 5) is 33.3. The van der Waals surface area contributed by atoms with Crippen LogP contribution in [0.1, 0.15) is 19.8 Å². The average Bonchev–Trinajstić information content (AvgIpc) is 3.41. The number of aromatic nitrogens is 2. The molecule has 0 fully saturated rings. The van der Waals surface area contributed by atoms with E-state index in [9.17, 15) is 9.59 Å². The van der Waals surface area contributed by atoms with Crippen molar-refractivity contribution in [3.8, 4) is 23.0 Å². The van der Waals surface area contributed by atoms with Crippen LogP contribution in [0.2, 0.25) is 0 Å². The van der Waals surface area contributed by atoms with Gasteiger partial charge in [0.1, 0.15) is 0 Å². The van der Waals surface area contributed by atoms with E-state index in [1.54, 1.807) is 64.6 Å². The molecule has 1 aliphatic heterocycles. The van der Waals surface area contributed by atoms with Crippen molar-refractivity contribution < 1.29 is 23.7 Å². The second-order valence-electron chi connectivity index (χ2n) is 9.38. The summed E-state index contributed by atoms with van der Waals surface area (Å²) in [6, 6.07) is 7.21. The van der Waals surface area contributed by atoms with Crippen LogP contribution in [0.25, 0.3) is 32.6 Å². The number of carbonyl (C=O) groups is 1. The molecule has 5 rings (SSSR count). The van der Waals surface area contributed by atoms with Gasteiger partial charge in [0.15, 0.2) is 23.0 Å². The Balaban J connectivity index is 1.63. The van der Waals surface area contributed by atoms with Gasteiger partial charge in [0.05, 0.1) is 30.6 Å². The van der Waals surface area contributed by atoms with Crippen molar-refractivity contribution in [2.45, 2.75) is 31.6 Å². The topological polar surface area (TPSA) is 92.1 Å². The smallest absolute Gasteiger partial charge is 0.259 e. The summed E-state index contributed by atoms with van der Waals surface area (Å²) in [5, 5.41) is 3.14. The fourth-order valence-corrected chi connectivity index (χ4v) is 6.72. The fourth-order valence-electron chi connectivity index (χ4n) is 4.90. The van der Waals surface area contributed by atoms with Gasteiger partial charge in [0, 0.05) is 60.2 Å². The molecular formula is C28H31N3O6S2. The minimum absolute atomic E-state index is 0.0583. The Morgan fingerprint density at radius 2 is 1.77 bits per heavy atom. The van der Waals surface area contributed by atoms with Crippen molar-refractivity contribution in [3.63, 3.8) is 0 Å². The maximum atomic E-state index is 14.0. The molecule has 0 saturated heterocycles. The third-order valence-corrected chi connectivity index (χ3v) is 9.32. The zero-order chi connectivity index (χ0) is 27.7. The Kier molecular flexibility index (Phi) is 7.99. The molecule has 0 unspecified atom stereocenters. The first kappa shape index (κ1) is 27.3. The maximum absolute atomic E-state index is 14.0. The molecule has 0 saturated carbocycles. The number of methoxy groups -OCH3 is 2. The van der Waals surface area contributed by atoms with Gasteiger partial charge in [-0.25, -0.2) is 0 Å². The van der Waals surface area contributed by atoms with Crippen LogP contribution in [0, 0.1) is 0 Å². The summed E-state index contributed by atoms with van der Waals surface area (Å²) in [5.41, 5.74) is 1.22. The Morgan fingerprint density at radius 3 is 2.46 bits per heavy atom. The van der Waals surface area contributed by atoms with Crippen LogP contribution in [-0.4, -0.2) is 66.5 Å². The van der Waals surface area contributed by atoms with Crippen molar-refractivity contribution in [1.29, 1.82) is 0 Å². The van der Waals surface area contributed by atoms with Crippen molar-refractivity contribution in [2.75, 3.05) is 40.9 Å². The van der Waals surface area contributed by atoms with E-state index in [4.69, 9.17) is 23.9 Å². The number of rotatable bonds is 10. The van der Waals surface area contributed by atoms with E-state index in [0.29, 0.717) is 69.6 Å². The minimum Gasteiger partial charge on any atom is -0.493 e. The van der Waals surface area contributed by atoms with Crippen LogP contribution in [-0.2, 0) is 11.3 Å². The first-order valence-electron chi connectivity index (χ1n) is 12.6. The number of fused-ring (bicyclic) bond motifs is 6. The average molecular weight is 570 g/mol. The number of benzene rings is 2. The zero-order valence-electron chi connectivity index (χ0n) is 22.6. The molecular weight excluding hydrogens is 538 g/mol. The minimum atomic E-state index is -0.186. The lowest BCUT2D eigenvalue weighted by Crippen LogP contribution is -2.33. The maximum Gasteiger partial charge on any atom is 0.259 e. The highest BCUT2D eigenvalue weighted by molar-refractivity contribution is 8.76. The molecule has 2 aromatic heterocycles. The molecule has 1 aliphatic rings. The summed E-state index contributed by atoms with van der Waals surface area (Å²) >= 11 is 0. The van der Waals surface area contributed by atoms with Gasteiger partial charge >= 0.3 is 0 Å². The lowest BCUT2D eigenvalue weighted by Gasteiger charge is -2.21. The largest absolute Gasteiger partial charge is 0.493 e.